The first-order valence-corrected chi connectivity index (χ1v) is 8.26. The molecule has 1 aliphatic carbocycles. The first-order valence-electron chi connectivity index (χ1n) is 7.88. The number of nitrogens with zero attached hydrogens (tertiary/aromatic N) is 3. The highest BCUT2D eigenvalue weighted by molar-refractivity contribution is 6.31. The van der Waals surface area contributed by atoms with E-state index in [4.69, 9.17) is 17.3 Å². The van der Waals surface area contributed by atoms with Gasteiger partial charge in [0.05, 0.1) is 17.2 Å². The van der Waals surface area contributed by atoms with Crippen molar-refractivity contribution in [1.82, 2.24) is 14.9 Å². The number of carbonyl (C=O) groups excluding carboxylic acids is 1. The number of anilines is 1. The van der Waals surface area contributed by atoms with Crippen molar-refractivity contribution in [1.29, 1.82) is 0 Å². The number of hydrogen-bond donors (Lipinski definition) is 1. The minimum absolute atomic E-state index is 0.100. The van der Waals surface area contributed by atoms with Crippen LogP contribution in [0.5, 0.6) is 0 Å². The van der Waals surface area contributed by atoms with Gasteiger partial charge in [-0.3, -0.25) is 4.79 Å². The molecule has 1 saturated heterocycles. The summed E-state index contributed by atoms with van der Waals surface area (Å²) in [7, 11) is 0. The summed E-state index contributed by atoms with van der Waals surface area (Å²) in [4.78, 5) is 22.9. The van der Waals surface area contributed by atoms with E-state index in [1.165, 1.54) is 24.5 Å². The van der Waals surface area contributed by atoms with Gasteiger partial charge in [-0.2, -0.15) is 0 Å². The second-order valence-corrected chi connectivity index (χ2v) is 6.84. The lowest BCUT2D eigenvalue weighted by Gasteiger charge is -2.38. The third-order valence-corrected chi connectivity index (χ3v) is 4.82. The maximum atomic E-state index is 13.6. The summed E-state index contributed by atoms with van der Waals surface area (Å²) < 4.78 is 13.6. The first-order chi connectivity index (χ1) is 11.5. The van der Waals surface area contributed by atoms with Crippen LogP contribution in [0.3, 0.4) is 0 Å². The van der Waals surface area contributed by atoms with Crippen LogP contribution in [0.25, 0.3) is 0 Å². The van der Waals surface area contributed by atoms with E-state index in [0.29, 0.717) is 19.0 Å². The molecular weight excluding hydrogens is 331 g/mol. The van der Waals surface area contributed by atoms with Crippen molar-refractivity contribution in [3.63, 3.8) is 0 Å². The molecule has 5 nitrogen and oxygen atoms in total. The fraction of sp³-hybridized carbons (Fsp3) is 0.353. The molecule has 1 aromatic carbocycles. The van der Waals surface area contributed by atoms with Crippen LogP contribution in [0.1, 0.15) is 46.4 Å². The number of halogens is 2. The number of hydrogen-bond acceptors (Lipinski definition) is 4. The van der Waals surface area contributed by atoms with Gasteiger partial charge in [0.2, 0.25) is 0 Å². The van der Waals surface area contributed by atoms with Gasteiger partial charge in [-0.25, -0.2) is 14.4 Å². The molecule has 0 unspecified atom stereocenters. The molecule has 1 aliphatic heterocycles. The summed E-state index contributed by atoms with van der Waals surface area (Å²) >= 11 is 5.82. The summed E-state index contributed by atoms with van der Waals surface area (Å²) in [5.74, 6) is 0.474. The van der Waals surface area contributed by atoms with Gasteiger partial charge in [-0.05, 0) is 36.5 Å². The molecule has 1 aromatic heterocycles. The average Bonchev–Trinajstić information content (AvgIpc) is 3.35. The van der Waals surface area contributed by atoms with Crippen molar-refractivity contribution in [3.05, 3.63) is 52.3 Å². The van der Waals surface area contributed by atoms with Crippen molar-refractivity contribution in [2.24, 2.45) is 0 Å². The van der Waals surface area contributed by atoms with Crippen molar-refractivity contribution >= 4 is 23.2 Å². The molecule has 2 aliphatic rings. The van der Waals surface area contributed by atoms with Crippen molar-refractivity contribution in [2.75, 3.05) is 18.8 Å². The molecule has 2 aromatic rings. The fourth-order valence-electron chi connectivity index (χ4n) is 2.93. The Balaban J connectivity index is 1.44. The van der Waals surface area contributed by atoms with Crippen LogP contribution in [0, 0.1) is 5.82 Å². The Morgan fingerprint density at radius 1 is 1.21 bits per heavy atom. The lowest BCUT2D eigenvalue weighted by molar-refractivity contribution is 0.0595. The molecule has 2 fully saturated rings. The Bertz CT molecular complexity index is 801. The van der Waals surface area contributed by atoms with E-state index in [-0.39, 0.29) is 28.1 Å². The molecular formula is C17H16ClFN4O. The first kappa shape index (κ1) is 15.3. The lowest BCUT2D eigenvalue weighted by atomic mass is 9.97. The minimum atomic E-state index is -0.679. The largest absolute Gasteiger partial charge is 0.396 e. The van der Waals surface area contributed by atoms with Gasteiger partial charge in [0.1, 0.15) is 11.6 Å². The quantitative estimate of drug-likeness (QED) is 0.867. The molecule has 0 spiro atoms. The van der Waals surface area contributed by atoms with Crippen LogP contribution in [-0.4, -0.2) is 33.9 Å². The predicted molar refractivity (Wildman–Crippen MR) is 88.5 cm³/mol. The van der Waals surface area contributed by atoms with Gasteiger partial charge in [-0.15, -0.1) is 0 Å². The zero-order valence-electron chi connectivity index (χ0n) is 12.9. The molecule has 7 heteroatoms. The molecule has 1 amide bonds. The summed E-state index contributed by atoms with van der Waals surface area (Å²) in [6, 6.07) is 2.50. The number of carbonyl (C=O) groups is 1. The Morgan fingerprint density at radius 3 is 2.50 bits per heavy atom. The Morgan fingerprint density at radius 2 is 1.88 bits per heavy atom. The van der Waals surface area contributed by atoms with Gasteiger partial charge < -0.3 is 10.6 Å². The molecule has 0 atom stereocenters. The third-order valence-electron chi connectivity index (χ3n) is 4.60. The van der Waals surface area contributed by atoms with E-state index < -0.39 is 5.82 Å². The summed E-state index contributed by atoms with van der Waals surface area (Å²) in [5.41, 5.74) is 6.78. The van der Waals surface area contributed by atoms with Crippen molar-refractivity contribution in [2.45, 2.75) is 24.7 Å². The molecule has 0 radical (unpaired) electrons. The van der Waals surface area contributed by atoms with Crippen LogP contribution >= 0.6 is 11.6 Å². The van der Waals surface area contributed by atoms with E-state index >= 15 is 0 Å². The molecule has 124 valence electrons. The maximum Gasteiger partial charge on any atom is 0.256 e. The number of benzene rings is 1. The van der Waals surface area contributed by atoms with Gasteiger partial charge in [0, 0.05) is 30.5 Å². The number of amides is 1. The van der Waals surface area contributed by atoms with Crippen LogP contribution in [0.15, 0.2) is 24.5 Å². The SMILES string of the molecule is Nc1c(F)cc(Cl)cc1C(=O)N1CC(c2ncc(C3CC3)cn2)C1. The lowest BCUT2D eigenvalue weighted by Crippen LogP contribution is -2.49. The Labute approximate surface area is 143 Å². The van der Waals surface area contributed by atoms with Crippen LogP contribution < -0.4 is 5.73 Å². The zero-order chi connectivity index (χ0) is 16.8. The fourth-order valence-corrected chi connectivity index (χ4v) is 3.13. The normalized spacial score (nSPS) is 17.7. The number of rotatable bonds is 3. The standard InChI is InChI=1S/C17H16ClFN4O/c18-12-3-13(15(20)14(19)4-12)17(24)23-7-11(8-23)16-21-5-10(6-22-16)9-1-2-9/h3-6,9,11H,1-2,7-8,20H2. The molecule has 0 bridgehead atoms. The molecule has 2 N–H and O–H groups in total. The maximum absolute atomic E-state index is 13.6. The van der Waals surface area contributed by atoms with Gasteiger partial charge >= 0.3 is 0 Å². The zero-order valence-corrected chi connectivity index (χ0v) is 13.6. The minimum Gasteiger partial charge on any atom is -0.396 e. The third kappa shape index (κ3) is 2.71. The van der Waals surface area contributed by atoms with Crippen LogP contribution in [0.2, 0.25) is 5.02 Å². The van der Waals surface area contributed by atoms with E-state index in [2.05, 4.69) is 9.97 Å². The predicted octanol–water partition coefficient (Wildman–Crippen LogP) is 2.97. The van der Waals surface area contributed by atoms with Gasteiger partial charge in [0.25, 0.3) is 5.91 Å². The molecule has 2 heterocycles. The van der Waals surface area contributed by atoms with E-state index in [0.717, 1.165) is 11.9 Å². The summed E-state index contributed by atoms with van der Waals surface area (Å²) in [5, 5.41) is 0.154. The van der Waals surface area contributed by atoms with E-state index in [1.54, 1.807) is 4.90 Å². The summed E-state index contributed by atoms with van der Waals surface area (Å²) in [6.45, 7) is 0.990. The Hall–Kier alpha value is -2.21. The van der Waals surface area contributed by atoms with E-state index in [9.17, 15) is 9.18 Å². The highest BCUT2D eigenvalue weighted by Crippen LogP contribution is 2.39. The van der Waals surface area contributed by atoms with Gasteiger partial charge in [-0.1, -0.05) is 11.6 Å². The number of likely N-dealkylation sites (tertiary alicyclic amines) is 1. The molecule has 1 saturated carbocycles. The number of nitrogens with two attached hydrogens (primary N) is 1. The van der Waals surface area contributed by atoms with E-state index in [1.807, 2.05) is 12.4 Å². The van der Waals surface area contributed by atoms with Crippen LogP contribution in [0.4, 0.5) is 10.1 Å². The number of nitrogen functional groups attached to an aromatic ring is 1. The second kappa shape index (κ2) is 5.70. The smallest absolute Gasteiger partial charge is 0.256 e. The molecule has 24 heavy (non-hydrogen) atoms. The highest BCUT2D eigenvalue weighted by atomic mass is 35.5. The number of aromatic nitrogens is 2. The van der Waals surface area contributed by atoms with Crippen LogP contribution in [-0.2, 0) is 0 Å². The summed E-state index contributed by atoms with van der Waals surface area (Å²) in [6.07, 6.45) is 6.20. The second-order valence-electron chi connectivity index (χ2n) is 6.40. The monoisotopic (exact) mass is 346 g/mol. The molecule has 4 rings (SSSR count). The Kier molecular flexibility index (Phi) is 3.64. The highest BCUT2D eigenvalue weighted by Gasteiger charge is 2.35. The average molecular weight is 347 g/mol. The van der Waals surface area contributed by atoms with Crippen molar-refractivity contribution < 1.29 is 9.18 Å². The topological polar surface area (TPSA) is 72.1 Å². The van der Waals surface area contributed by atoms with Gasteiger partial charge in [0.15, 0.2) is 0 Å². The van der Waals surface area contributed by atoms with Crippen molar-refractivity contribution in [3.8, 4) is 0 Å².